The molecule has 1 unspecified atom stereocenters. The van der Waals surface area contributed by atoms with Gasteiger partial charge >= 0.3 is 6.36 Å². The Balaban J connectivity index is 1.93. The highest BCUT2D eigenvalue weighted by Crippen LogP contribution is 2.27. The third-order valence-corrected chi connectivity index (χ3v) is 3.74. The molecule has 1 N–H and O–H groups in total. The Hall–Kier alpha value is -1.27. The molecule has 1 fully saturated rings. The van der Waals surface area contributed by atoms with Crippen molar-refractivity contribution in [1.29, 1.82) is 0 Å². The Morgan fingerprint density at radius 2 is 1.76 bits per heavy atom. The van der Waals surface area contributed by atoms with Crippen LogP contribution in [0.1, 0.15) is 31.4 Å². The van der Waals surface area contributed by atoms with Crippen molar-refractivity contribution in [2.45, 2.75) is 32.2 Å². The lowest BCUT2D eigenvalue weighted by Crippen LogP contribution is -2.28. The molecule has 1 aromatic carbocycles. The van der Waals surface area contributed by atoms with Crippen LogP contribution in [0.15, 0.2) is 24.3 Å². The molecule has 2 atom stereocenters. The molecule has 1 aliphatic heterocycles. The summed E-state index contributed by atoms with van der Waals surface area (Å²) in [7, 11) is 0. The predicted molar refractivity (Wildman–Crippen MR) is 72.9 cm³/mol. The number of alkyl halides is 3. The summed E-state index contributed by atoms with van der Waals surface area (Å²) in [5.74, 6) is -0.247. The zero-order valence-corrected chi connectivity index (χ0v) is 11.9. The van der Waals surface area contributed by atoms with E-state index in [0.717, 1.165) is 19.6 Å². The molecule has 3 nitrogen and oxygen atoms in total. The minimum atomic E-state index is -4.69. The lowest BCUT2D eigenvalue weighted by molar-refractivity contribution is -0.274. The summed E-state index contributed by atoms with van der Waals surface area (Å²) in [6.07, 6.45) is -3.01. The first kappa shape index (κ1) is 16.1. The third kappa shape index (κ3) is 4.89. The SMILES string of the molecule is C[C@H](CN1CCCC1)C(O)c1ccc(OC(F)(F)F)cc1. The van der Waals surface area contributed by atoms with E-state index in [0.29, 0.717) is 5.56 Å². The molecule has 6 heteroatoms. The molecule has 0 saturated carbocycles. The summed E-state index contributed by atoms with van der Waals surface area (Å²) >= 11 is 0. The van der Waals surface area contributed by atoms with Crippen LogP contribution in [0, 0.1) is 5.92 Å². The first-order valence-electron chi connectivity index (χ1n) is 7.11. The van der Waals surface area contributed by atoms with Gasteiger partial charge in [-0.2, -0.15) is 0 Å². The van der Waals surface area contributed by atoms with Crippen molar-refractivity contribution in [3.8, 4) is 5.75 Å². The lowest BCUT2D eigenvalue weighted by atomic mass is 9.97. The minimum absolute atomic E-state index is 0.0254. The Morgan fingerprint density at radius 1 is 1.19 bits per heavy atom. The highest BCUT2D eigenvalue weighted by atomic mass is 19.4. The number of aliphatic hydroxyl groups is 1. The van der Waals surface area contributed by atoms with Crippen LogP contribution in [0.25, 0.3) is 0 Å². The van der Waals surface area contributed by atoms with Crippen molar-refractivity contribution in [3.05, 3.63) is 29.8 Å². The summed E-state index contributed by atoms with van der Waals surface area (Å²) in [6, 6.07) is 5.42. The summed E-state index contributed by atoms with van der Waals surface area (Å²) in [4.78, 5) is 2.30. The van der Waals surface area contributed by atoms with Gasteiger partial charge in [-0.1, -0.05) is 19.1 Å². The zero-order valence-electron chi connectivity index (χ0n) is 11.9. The summed E-state index contributed by atoms with van der Waals surface area (Å²) in [5.41, 5.74) is 0.608. The van der Waals surface area contributed by atoms with Gasteiger partial charge in [0.05, 0.1) is 6.10 Å². The molecule has 1 aromatic rings. The van der Waals surface area contributed by atoms with Crippen molar-refractivity contribution in [1.82, 2.24) is 4.90 Å². The van der Waals surface area contributed by atoms with Crippen molar-refractivity contribution >= 4 is 0 Å². The van der Waals surface area contributed by atoms with Crippen molar-refractivity contribution in [3.63, 3.8) is 0 Å². The maximum absolute atomic E-state index is 12.1. The van der Waals surface area contributed by atoms with E-state index in [1.54, 1.807) is 0 Å². The fourth-order valence-electron chi connectivity index (χ4n) is 2.67. The number of hydrogen-bond donors (Lipinski definition) is 1. The second-order valence-electron chi connectivity index (χ2n) is 5.55. The van der Waals surface area contributed by atoms with Crippen LogP contribution in [-0.4, -0.2) is 36.0 Å². The monoisotopic (exact) mass is 303 g/mol. The van der Waals surface area contributed by atoms with Crippen LogP contribution in [0.2, 0.25) is 0 Å². The van der Waals surface area contributed by atoms with Crippen LogP contribution in [0.4, 0.5) is 13.2 Å². The molecule has 118 valence electrons. The van der Waals surface area contributed by atoms with E-state index in [1.165, 1.54) is 37.1 Å². The molecule has 1 saturated heterocycles. The topological polar surface area (TPSA) is 32.7 Å². The summed E-state index contributed by atoms with van der Waals surface area (Å²) in [6.45, 7) is 4.84. The smallest absolute Gasteiger partial charge is 0.406 e. The van der Waals surface area contributed by atoms with Gasteiger partial charge in [0.2, 0.25) is 0 Å². The molecule has 0 aliphatic carbocycles. The lowest BCUT2D eigenvalue weighted by Gasteiger charge is -2.24. The molecule has 21 heavy (non-hydrogen) atoms. The van der Waals surface area contributed by atoms with Gasteiger partial charge in [-0.15, -0.1) is 13.2 Å². The van der Waals surface area contributed by atoms with E-state index in [9.17, 15) is 18.3 Å². The normalized spacial score (nSPS) is 19.5. The second-order valence-corrected chi connectivity index (χ2v) is 5.55. The average Bonchev–Trinajstić information content (AvgIpc) is 2.90. The molecule has 0 amide bonds. The van der Waals surface area contributed by atoms with E-state index in [1.807, 2.05) is 6.92 Å². The molecular formula is C15H20F3NO2. The van der Waals surface area contributed by atoms with E-state index >= 15 is 0 Å². The Labute approximate surface area is 122 Å². The Kier molecular flexibility index (Phi) is 5.11. The van der Waals surface area contributed by atoms with Gasteiger partial charge in [0.25, 0.3) is 0 Å². The van der Waals surface area contributed by atoms with Gasteiger partial charge in [0.1, 0.15) is 5.75 Å². The van der Waals surface area contributed by atoms with Crippen LogP contribution >= 0.6 is 0 Å². The van der Waals surface area contributed by atoms with Gasteiger partial charge in [-0.25, -0.2) is 0 Å². The number of rotatable bonds is 5. The highest BCUT2D eigenvalue weighted by Gasteiger charge is 2.31. The first-order valence-corrected chi connectivity index (χ1v) is 7.11. The number of likely N-dealkylation sites (tertiary alicyclic amines) is 1. The largest absolute Gasteiger partial charge is 0.573 e. The number of hydrogen-bond acceptors (Lipinski definition) is 3. The van der Waals surface area contributed by atoms with E-state index in [-0.39, 0.29) is 11.7 Å². The fourth-order valence-corrected chi connectivity index (χ4v) is 2.67. The van der Waals surface area contributed by atoms with Gasteiger partial charge in [0, 0.05) is 6.54 Å². The number of ether oxygens (including phenoxy) is 1. The number of aliphatic hydroxyl groups excluding tert-OH is 1. The van der Waals surface area contributed by atoms with Crippen LogP contribution < -0.4 is 4.74 Å². The summed E-state index contributed by atoms with van der Waals surface area (Å²) in [5, 5.41) is 10.3. The number of halogens is 3. The number of benzene rings is 1. The maximum Gasteiger partial charge on any atom is 0.573 e. The highest BCUT2D eigenvalue weighted by molar-refractivity contribution is 5.29. The predicted octanol–water partition coefficient (Wildman–Crippen LogP) is 3.35. The quantitative estimate of drug-likeness (QED) is 0.905. The molecule has 1 heterocycles. The van der Waals surface area contributed by atoms with E-state index < -0.39 is 12.5 Å². The van der Waals surface area contributed by atoms with Crippen LogP contribution in [0.3, 0.4) is 0 Å². The van der Waals surface area contributed by atoms with Crippen molar-refractivity contribution in [2.75, 3.05) is 19.6 Å². The van der Waals surface area contributed by atoms with E-state index in [4.69, 9.17) is 0 Å². The standard InChI is InChI=1S/C15H20F3NO2/c1-11(10-19-8-2-3-9-19)14(20)12-4-6-13(7-5-12)21-15(16,17)18/h4-7,11,14,20H,2-3,8-10H2,1H3/t11-,14?/m1/s1. The second kappa shape index (κ2) is 6.66. The van der Waals surface area contributed by atoms with Crippen molar-refractivity contribution in [2.24, 2.45) is 5.92 Å². The van der Waals surface area contributed by atoms with Crippen molar-refractivity contribution < 1.29 is 23.0 Å². The molecule has 0 radical (unpaired) electrons. The van der Waals surface area contributed by atoms with Gasteiger partial charge in [0.15, 0.2) is 0 Å². The molecule has 2 rings (SSSR count). The van der Waals surface area contributed by atoms with Crippen LogP contribution in [-0.2, 0) is 0 Å². The van der Waals surface area contributed by atoms with Gasteiger partial charge in [-0.3, -0.25) is 0 Å². The van der Waals surface area contributed by atoms with E-state index in [2.05, 4.69) is 9.64 Å². The summed E-state index contributed by atoms with van der Waals surface area (Å²) < 4.78 is 40.1. The maximum atomic E-state index is 12.1. The molecule has 0 spiro atoms. The first-order chi connectivity index (χ1) is 9.85. The number of nitrogens with zero attached hydrogens (tertiary/aromatic N) is 1. The van der Waals surface area contributed by atoms with Gasteiger partial charge < -0.3 is 14.7 Å². The Bertz CT molecular complexity index is 441. The minimum Gasteiger partial charge on any atom is -0.406 e. The molecular weight excluding hydrogens is 283 g/mol. The third-order valence-electron chi connectivity index (χ3n) is 3.74. The molecule has 0 aromatic heterocycles. The van der Waals surface area contributed by atoms with Crippen LogP contribution in [0.5, 0.6) is 5.75 Å². The zero-order chi connectivity index (χ0) is 15.5. The molecule has 0 bridgehead atoms. The molecule has 1 aliphatic rings. The average molecular weight is 303 g/mol. The Morgan fingerprint density at radius 3 is 2.29 bits per heavy atom. The van der Waals surface area contributed by atoms with Gasteiger partial charge in [-0.05, 0) is 49.5 Å². The fraction of sp³-hybridized carbons (Fsp3) is 0.600.